The predicted molar refractivity (Wildman–Crippen MR) is 105 cm³/mol. The van der Waals surface area contributed by atoms with Gasteiger partial charge in [-0.3, -0.25) is 10.3 Å². The molecule has 0 heterocycles. The Morgan fingerprint density at radius 2 is 1.84 bits per heavy atom. The molecule has 0 atom stereocenters. The topological polar surface area (TPSA) is 39.7 Å². The molecule has 0 radical (unpaired) electrons. The summed E-state index contributed by atoms with van der Waals surface area (Å²) in [5.41, 5.74) is 2.73. The van der Waals surface area contributed by atoms with Crippen LogP contribution in [0, 0.1) is 0 Å². The average Bonchev–Trinajstić information content (AvgIpc) is 2.55. The molecule has 0 amide bonds. The number of ether oxygens (including phenoxy) is 2. The maximum Gasteiger partial charge on any atom is 0.156 e. The molecule has 1 aromatic carbocycles. The molecule has 0 aromatic heterocycles. The normalized spacial score (nSPS) is 10.8. The Morgan fingerprint density at radius 3 is 2.48 bits per heavy atom. The van der Waals surface area contributed by atoms with Crippen molar-refractivity contribution in [2.75, 3.05) is 19.8 Å². The predicted octanol–water partition coefficient (Wildman–Crippen LogP) is 6.30. The molecule has 0 saturated carbocycles. The van der Waals surface area contributed by atoms with Crippen molar-refractivity contribution in [1.29, 1.82) is 0 Å². The van der Waals surface area contributed by atoms with E-state index in [4.69, 9.17) is 60.7 Å². The third-order valence-electron chi connectivity index (χ3n) is 2.88. The molecule has 25 heavy (non-hydrogen) atoms. The van der Waals surface area contributed by atoms with E-state index in [2.05, 4.69) is 12.4 Å². The molecule has 1 N–H and O–H groups in total. The quantitative estimate of drug-likeness (QED) is 0.313. The smallest absolute Gasteiger partial charge is 0.156 e. The molecule has 140 valence electrons. The van der Waals surface area contributed by atoms with Gasteiger partial charge in [0.25, 0.3) is 0 Å². The fourth-order valence-corrected chi connectivity index (χ4v) is 2.41. The highest BCUT2D eigenvalue weighted by Crippen LogP contribution is 2.36. The van der Waals surface area contributed by atoms with Crippen molar-refractivity contribution in [3.05, 3.63) is 45.0 Å². The van der Waals surface area contributed by atoms with Gasteiger partial charge in [0, 0.05) is 18.3 Å². The monoisotopic (exact) mass is 427 g/mol. The number of rotatable bonds is 12. The fraction of sp³-hybridized carbons (Fsp3) is 0.412. The van der Waals surface area contributed by atoms with Gasteiger partial charge in [-0.2, -0.15) is 0 Å². The molecule has 1 rings (SSSR count). The molecular formula is C17H21Cl4NO3. The third kappa shape index (κ3) is 10.1. The highest BCUT2D eigenvalue weighted by Gasteiger charge is 2.10. The van der Waals surface area contributed by atoms with E-state index in [1.807, 2.05) is 6.08 Å². The van der Waals surface area contributed by atoms with Crippen molar-refractivity contribution in [2.24, 2.45) is 0 Å². The molecule has 0 saturated heterocycles. The molecule has 0 spiro atoms. The van der Waals surface area contributed by atoms with Crippen LogP contribution < -0.4 is 15.0 Å². The summed E-state index contributed by atoms with van der Waals surface area (Å²) in [6.07, 6.45) is 8.65. The van der Waals surface area contributed by atoms with Gasteiger partial charge >= 0.3 is 0 Å². The van der Waals surface area contributed by atoms with Crippen molar-refractivity contribution in [3.63, 3.8) is 0 Å². The SMILES string of the molecule is CCCCC=CNOCCOc1c(Cl)cc(OCC=C(Cl)Cl)cc1Cl. The summed E-state index contributed by atoms with van der Waals surface area (Å²) >= 11 is 23.3. The molecule has 0 fully saturated rings. The van der Waals surface area contributed by atoms with E-state index >= 15 is 0 Å². The molecule has 0 aliphatic heterocycles. The van der Waals surface area contributed by atoms with Crippen LogP contribution in [0.4, 0.5) is 0 Å². The van der Waals surface area contributed by atoms with Crippen molar-refractivity contribution < 1.29 is 14.3 Å². The van der Waals surface area contributed by atoms with E-state index in [0.717, 1.165) is 12.8 Å². The van der Waals surface area contributed by atoms with Gasteiger partial charge in [-0.15, -0.1) is 0 Å². The summed E-state index contributed by atoms with van der Waals surface area (Å²) in [5, 5.41) is 0.687. The molecule has 0 unspecified atom stereocenters. The zero-order valence-corrected chi connectivity index (χ0v) is 16.9. The van der Waals surface area contributed by atoms with Gasteiger partial charge < -0.3 is 9.47 Å². The number of hydrogen-bond donors (Lipinski definition) is 1. The molecular weight excluding hydrogens is 408 g/mol. The Labute approximate surface area is 168 Å². The Kier molecular flexibility index (Phi) is 12.0. The summed E-state index contributed by atoms with van der Waals surface area (Å²) in [5.74, 6) is 0.868. The molecule has 1 aromatic rings. The molecule has 0 aliphatic carbocycles. The second-order valence-corrected chi connectivity index (χ2v) is 6.70. The Balaban J connectivity index is 2.36. The van der Waals surface area contributed by atoms with Gasteiger partial charge in [0.1, 0.15) is 30.1 Å². The standard InChI is InChI=1S/C17H21Cl4NO3/c1-2-3-4-5-7-22-25-10-9-24-17-14(18)11-13(12-15(17)19)23-8-6-16(20)21/h5-7,11-12,22H,2-4,8-10H2,1H3. The van der Waals surface area contributed by atoms with E-state index in [0.29, 0.717) is 34.8 Å². The van der Waals surface area contributed by atoms with E-state index < -0.39 is 0 Å². The van der Waals surface area contributed by atoms with Crippen LogP contribution in [0.1, 0.15) is 26.2 Å². The summed E-state index contributed by atoms with van der Waals surface area (Å²) < 4.78 is 11.1. The lowest BCUT2D eigenvalue weighted by Crippen LogP contribution is -2.14. The van der Waals surface area contributed by atoms with Crippen LogP contribution in [0.5, 0.6) is 11.5 Å². The summed E-state index contributed by atoms with van der Waals surface area (Å²) in [7, 11) is 0. The average molecular weight is 429 g/mol. The van der Waals surface area contributed by atoms with E-state index in [1.54, 1.807) is 18.3 Å². The van der Waals surface area contributed by atoms with Crippen molar-refractivity contribution in [3.8, 4) is 11.5 Å². The van der Waals surface area contributed by atoms with E-state index in [-0.39, 0.29) is 11.1 Å². The Hall–Kier alpha value is -0.780. The van der Waals surface area contributed by atoms with E-state index in [9.17, 15) is 0 Å². The van der Waals surface area contributed by atoms with Gasteiger partial charge in [-0.25, -0.2) is 0 Å². The maximum atomic E-state index is 6.16. The number of unbranched alkanes of at least 4 members (excludes halogenated alkanes) is 2. The minimum absolute atomic E-state index is 0.131. The van der Waals surface area contributed by atoms with Crippen molar-refractivity contribution >= 4 is 46.4 Å². The zero-order valence-electron chi connectivity index (χ0n) is 13.9. The highest BCUT2D eigenvalue weighted by molar-refractivity contribution is 6.55. The minimum Gasteiger partial charge on any atom is -0.489 e. The van der Waals surface area contributed by atoms with Crippen LogP contribution in [-0.2, 0) is 4.84 Å². The first-order valence-electron chi connectivity index (χ1n) is 7.82. The molecule has 8 heteroatoms. The second-order valence-electron chi connectivity index (χ2n) is 4.88. The van der Waals surface area contributed by atoms with Gasteiger partial charge in [-0.05, 0) is 12.5 Å². The largest absolute Gasteiger partial charge is 0.489 e. The van der Waals surface area contributed by atoms with Crippen LogP contribution in [-0.4, -0.2) is 19.8 Å². The summed E-state index contributed by atoms with van der Waals surface area (Å²) in [6, 6.07) is 3.21. The molecule has 0 aliphatic rings. The van der Waals surface area contributed by atoms with Gasteiger partial charge in [0.05, 0.1) is 10.0 Å². The number of benzene rings is 1. The summed E-state index contributed by atoms with van der Waals surface area (Å²) in [4.78, 5) is 5.21. The van der Waals surface area contributed by atoms with Gasteiger partial charge in [0.15, 0.2) is 5.75 Å². The minimum atomic E-state index is 0.131. The third-order valence-corrected chi connectivity index (χ3v) is 3.75. The molecule has 0 bridgehead atoms. The second kappa shape index (κ2) is 13.4. The number of nitrogens with one attached hydrogen (secondary N) is 1. The zero-order chi connectivity index (χ0) is 18.5. The van der Waals surface area contributed by atoms with Crippen LogP contribution in [0.3, 0.4) is 0 Å². The first kappa shape index (κ1) is 22.3. The van der Waals surface area contributed by atoms with Crippen molar-refractivity contribution in [1.82, 2.24) is 5.48 Å². The number of halogens is 4. The van der Waals surface area contributed by atoms with Crippen molar-refractivity contribution in [2.45, 2.75) is 26.2 Å². The highest BCUT2D eigenvalue weighted by atomic mass is 35.5. The van der Waals surface area contributed by atoms with Crippen LogP contribution in [0.25, 0.3) is 0 Å². The van der Waals surface area contributed by atoms with Gasteiger partial charge in [0.2, 0.25) is 0 Å². The van der Waals surface area contributed by atoms with E-state index in [1.165, 1.54) is 12.5 Å². The van der Waals surface area contributed by atoms with Crippen LogP contribution >= 0.6 is 46.4 Å². The lowest BCUT2D eigenvalue weighted by molar-refractivity contribution is 0.0479. The van der Waals surface area contributed by atoms with Crippen LogP contribution in [0.15, 0.2) is 35.0 Å². The summed E-state index contributed by atoms with van der Waals surface area (Å²) in [6.45, 7) is 2.99. The first-order chi connectivity index (χ1) is 12.0. The Bertz CT molecular complexity index is 552. The lowest BCUT2D eigenvalue weighted by Gasteiger charge is -2.12. The van der Waals surface area contributed by atoms with Gasteiger partial charge in [-0.1, -0.05) is 72.2 Å². The number of allylic oxidation sites excluding steroid dienone is 1. The van der Waals surface area contributed by atoms with Crippen LogP contribution in [0.2, 0.25) is 10.0 Å². The lowest BCUT2D eigenvalue weighted by atomic mass is 10.2. The fourth-order valence-electron chi connectivity index (χ4n) is 1.70. The number of hydrogen-bond acceptors (Lipinski definition) is 4. The number of hydroxylamine groups is 1. The maximum absolute atomic E-state index is 6.16. The Morgan fingerprint density at radius 1 is 1.12 bits per heavy atom. The molecule has 4 nitrogen and oxygen atoms in total. The first-order valence-corrected chi connectivity index (χ1v) is 9.34.